The average molecular weight is 525 g/mol. The third-order valence-corrected chi connectivity index (χ3v) is 5.72. The van der Waals surface area contributed by atoms with E-state index in [-0.39, 0.29) is 29.8 Å². The number of alkyl halides is 6. The molecule has 196 valence electrons. The molecule has 1 atom stereocenters. The van der Waals surface area contributed by atoms with Gasteiger partial charge in [0, 0.05) is 12.1 Å². The molecule has 0 aliphatic carbocycles. The summed E-state index contributed by atoms with van der Waals surface area (Å²) in [6.45, 7) is 0.285. The maximum atomic E-state index is 13.7. The van der Waals surface area contributed by atoms with Gasteiger partial charge in [0.2, 0.25) is 11.7 Å². The summed E-state index contributed by atoms with van der Waals surface area (Å²) >= 11 is 0. The van der Waals surface area contributed by atoms with Crippen molar-refractivity contribution >= 4 is 12.0 Å². The second-order valence-corrected chi connectivity index (χ2v) is 8.23. The Balaban J connectivity index is 1.48. The van der Waals surface area contributed by atoms with Crippen molar-refractivity contribution in [1.82, 2.24) is 15.0 Å². The number of likely N-dealkylation sites (tertiary alicyclic amines) is 1. The SMILES string of the molecule is N=C(N)N1CCCC1c1nc(-c2ccc(OC/C=C\c3ccc(C(F)(F)F)cc3)c(C(F)(F)F)c2)no1. The number of benzene rings is 2. The van der Waals surface area contributed by atoms with Crippen LogP contribution in [-0.2, 0) is 12.4 Å². The highest BCUT2D eigenvalue weighted by Gasteiger charge is 2.36. The van der Waals surface area contributed by atoms with Crippen LogP contribution in [0.4, 0.5) is 26.3 Å². The molecule has 3 aromatic rings. The summed E-state index contributed by atoms with van der Waals surface area (Å²) in [5.74, 6) is -0.485. The van der Waals surface area contributed by atoms with E-state index >= 15 is 0 Å². The lowest BCUT2D eigenvalue weighted by atomic mass is 10.1. The minimum absolute atomic E-state index is 0.0512. The summed E-state index contributed by atoms with van der Waals surface area (Å²) in [5.41, 5.74) is 4.20. The molecule has 1 aliphatic rings. The molecular formula is C24H21F6N5O2. The molecule has 4 rings (SSSR count). The normalized spacial score (nSPS) is 16.5. The van der Waals surface area contributed by atoms with Crippen molar-refractivity contribution in [3.8, 4) is 17.1 Å². The maximum Gasteiger partial charge on any atom is 0.419 e. The fraction of sp³-hybridized carbons (Fsp3) is 0.292. The van der Waals surface area contributed by atoms with E-state index in [1.807, 2.05) is 0 Å². The van der Waals surface area contributed by atoms with Crippen LogP contribution in [0.2, 0.25) is 0 Å². The first-order valence-electron chi connectivity index (χ1n) is 11.1. The van der Waals surface area contributed by atoms with Crippen LogP contribution in [0.25, 0.3) is 17.5 Å². The highest BCUT2D eigenvalue weighted by atomic mass is 19.4. The van der Waals surface area contributed by atoms with Crippen LogP contribution >= 0.6 is 0 Å². The van der Waals surface area contributed by atoms with Crippen molar-refractivity contribution in [2.75, 3.05) is 13.2 Å². The van der Waals surface area contributed by atoms with E-state index < -0.39 is 35.3 Å². The van der Waals surface area contributed by atoms with Crippen LogP contribution in [0.5, 0.6) is 5.75 Å². The van der Waals surface area contributed by atoms with Crippen LogP contribution in [0, 0.1) is 5.41 Å². The van der Waals surface area contributed by atoms with Crippen molar-refractivity contribution in [2.24, 2.45) is 5.73 Å². The Morgan fingerprint density at radius 1 is 1.11 bits per heavy atom. The van der Waals surface area contributed by atoms with Gasteiger partial charge in [-0.2, -0.15) is 31.3 Å². The van der Waals surface area contributed by atoms with Gasteiger partial charge in [0.1, 0.15) is 18.4 Å². The van der Waals surface area contributed by atoms with Gasteiger partial charge in [-0.3, -0.25) is 5.41 Å². The largest absolute Gasteiger partial charge is 0.489 e. The molecule has 1 saturated heterocycles. The highest BCUT2D eigenvalue weighted by Crippen LogP contribution is 2.39. The zero-order valence-corrected chi connectivity index (χ0v) is 19.1. The van der Waals surface area contributed by atoms with E-state index in [0.29, 0.717) is 18.5 Å². The fourth-order valence-corrected chi connectivity index (χ4v) is 3.92. The number of rotatable bonds is 6. The van der Waals surface area contributed by atoms with Gasteiger partial charge >= 0.3 is 12.4 Å². The zero-order chi connectivity index (χ0) is 26.8. The average Bonchev–Trinajstić information content (AvgIpc) is 3.51. The molecule has 2 aromatic carbocycles. The Hall–Kier alpha value is -4.03. The molecule has 0 bridgehead atoms. The van der Waals surface area contributed by atoms with E-state index in [0.717, 1.165) is 30.7 Å². The molecule has 1 fully saturated rings. The predicted octanol–water partition coefficient (Wildman–Crippen LogP) is 5.90. The van der Waals surface area contributed by atoms with Gasteiger partial charge in [0.25, 0.3) is 0 Å². The van der Waals surface area contributed by atoms with Crippen molar-refractivity contribution in [2.45, 2.75) is 31.2 Å². The van der Waals surface area contributed by atoms with Crippen molar-refractivity contribution < 1.29 is 35.6 Å². The number of guanidine groups is 1. The fourth-order valence-electron chi connectivity index (χ4n) is 3.92. The third kappa shape index (κ3) is 6.04. The van der Waals surface area contributed by atoms with Crippen molar-refractivity contribution in [3.05, 3.63) is 71.1 Å². The van der Waals surface area contributed by atoms with Gasteiger partial charge in [0.05, 0.1) is 11.1 Å². The minimum Gasteiger partial charge on any atom is -0.489 e. The molecule has 1 aromatic heterocycles. The molecule has 3 N–H and O–H groups in total. The monoisotopic (exact) mass is 525 g/mol. The van der Waals surface area contributed by atoms with Crippen LogP contribution in [0.15, 0.2) is 53.1 Å². The second-order valence-electron chi connectivity index (χ2n) is 8.23. The molecule has 7 nitrogen and oxygen atoms in total. The van der Waals surface area contributed by atoms with Gasteiger partial charge in [-0.05, 0) is 54.8 Å². The predicted molar refractivity (Wildman–Crippen MR) is 121 cm³/mol. The smallest absolute Gasteiger partial charge is 0.419 e. The molecule has 0 amide bonds. The zero-order valence-electron chi connectivity index (χ0n) is 19.1. The van der Waals surface area contributed by atoms with Gasteiger partial charge in [-0.25, -0.2) is 0 Å². The molecule has 0 spiro atoms. The van der Waals surface area contributed by atoms with E-state index in [9.17, 15) is 26.3 Å². The Morgan fingerprint density at radius 3 is 2.49 bits per heavy atom. The summed E-state index contributed by atoms with van der Waals surface area (Å²) in [6, 6.07) is 7.24. The molecule has 1 unspecified atom stereocenters. The van der Waals surface area contributed by atoms with E-state index in [1.165, 1.54) is 30.4 Å². The Morgan fingerprint density at radius 2 is 1.84 bits per heavy atom. The number of ether oxygens (including phenoxy) is 1. The topological polar surface area (TPSA) is 101 Å². The summed E-state index contributed by atoms with van der Waals surface area (Å²) in [5, 5.41) is 11.4. The van der Waals surface area contributed by atoms with Crippen molar-refractivity contribution in [3.63, 3.8) is 0 Å². The summed E-state index contributed by atoms with van der Waals surface area (Å²) in [6.07, 6.45) is -5.01. The first-order valence-corrected chi connectivity index (χ1v) is 11.1. The van der Waals surface area contributed by atoms with E-state index in [1.54, 1.807) is 4.90 Å². The Kier molecular flexibility index (Phi) is 7.14. The Labute approximate surface area is 207 Å². The number of nitrogens with zero attached hydrogens (tertiary/aromatic N) is 3. The number of nitrogens with one attached hydrogen (secondary N) is 1. The molecular weight excluding hydrogens is 504 g/mol. The number of hydrogen-bond donors (Lipinski definition) is 2. The molecule has 0 radical (unpaired) electrons. The number of hydrogen-bond acceptors (Lipinski definition) is 5. The first kappa shape index (κ1) is 26.0. The molecule has 1 aliphatic heterocycles. The van der Waals surface area contributed by atoms with Gasteiger partial charge < -0.3 is 19.9 Å². The number of aromatic nitrogens is 2. The van der Waals surface area contributed by atoms with Crippen LogP contribution < -0.4 is 10.5 Å². The van der Waals surface area contributed by atoms with Crippen molar-refractivity contribution in [1.29, 1.82) is 5.41 Å². The van der Waals surface area contributed by atoms with Gasteiger partial charge in [-0.1, -0.05) is 23.4 Å². The lowest BCUT2D eigenvalue weighted by molar-refractivity contribution is -0.139. The second kappa shape index (κ2) is 10.1. The summed E-state index contributed by atoms with van der Waals surface area (Å²) in [7, 11) is 0. The van der Waals surface area contributed by atoms with Crippen LogP contribution in [0.1, 0.15) is 41.5 Å². The summed E-state index contributed by atoms with van der Waals surface area (Å²) < 4.78 is 89.7. The van der Waals surface area contributed by atoms with Crippen LogP contribution in [-0.4, -0.2) is 34.2 Å². The van der Waals surface area contributed by atoms with Gasteiger partial charge in [-0.15, -0.1) is 0 Å². The summed E-state index contributed by atoms with van der Waals surface area (Å²) in [4.78, 5) is 5.79. The third-order valence-electron chi connectivity index (χ3n) is 5.72. The Bertz CT molecular complexity index is 1280. The molecule has 13 heteroatoms. The molecule has 37 heavy (non-hydrogen) atoms. The lowest BCUT2D eigenvalue weighted by Crippen LogP contribution is -2.35. The van der Waals surface area contributed by atoms with Gasteiger partial charge in [0.15, 0.2) is 5.96 Å². The van der Waals surface area contributed by atoms with Crippen LogP contribution in [0.3, 0.4) is 0 Å². The minimum atomic E-state index is -4.74. The standard InChI is InChI=1S/C24H21F6N5O2/c25-23(26,27)16-8-5-14(6-9-16)3-2-12-36-19-10-7-15(13-17(19)24(28,29)30)20-33-21(37-34-20)18-4-1-11-35(18)22(31)32/h2-3,5-10,13,18H,1,4,11-12H2,(H3,31,32)/b3-2-. The van der Waals surface area contributed by atoms with E-state index in [2.05, 4.69) is 10.1 Å². The molecule has 2 heterocycles. The maximum absolute atomic E-state index is 13.7. The quantitative estimate of drug-likeness (QED) is 0.236. The first-order chi connectivity index (χ1) is 17.4. The van der Waals surface area contributed by atoms with E-state index in [4.69, 9.17) is 20.4 Å². The highest BCUT2D eigenvalue weighted by molar-refractivity contribution is 5.75. The number of nitrogens with two attached hydrogens (primary N) is 1. The lowest BCUT2D eigenvalue weighted by Gasteiger charge is -2.21. The number of halogens is 6. The molecule has 0 saturated carbocycles.